The topological polar surface area (TPSA) is 94.3 Å². The Labute approximate surface area is 121 Å². The van der Waals surface area contributed by atoms with E-state index in [1.54, 1.807) is 18.5 Å². The van der Waals surface area contributed by atoms with Crippen molar-refractivity contribution in [1.29, 1.82) is 0 Å². The highest BCUT2D eigenvalue weighted by molar-refractivity contribution is 5.95. The molecular weight excluding hydrogens is 272 g/mol. The number of nitrogens with one attached hydrogen (secondary N) is 1. The number of hydrazone groups is 1. The summed E-state index contributed by atoms with van der Waals surface area (Å²) in [6.45, 7) is 4.23. The molecule has 0 aliphatic carbocycles. The first-order chi connectivity index (χ1) is 10.2. The molecule has 110 valence electrons. The van der Waals surface area contributed by atoms with Crippen LogP contribution in [0.5, 0.6) is 0 Å². The minimum atomic E-state index is -0.612. The Morgan fingerprint density at radius 1 is 1.38 bits per heavy atom. The predicted molar refractivity (Wildman–Crippen MR) is 75.7 cm³/mol. The van der Waals surface area contributed by atoms with Crippen LogP contribution in [0.1, 0.15) is 25.2 Å². The zero-order valence-corrected chi connectivity index (χ0v) is 11.9. The van der Waals surface area contributed by atoms with Gasteiger partial charge < -0.3 is 4.74 Å². The number of hydrogen-bond acceptors (Lipinski definition) is 6. The molecule has 0 fully saturated rings. The minimum absolute atomic E-state index is 0.284. The molecule has 0 saturated carbocycles. The van der Waals surface area contributed by atoms with Gasteiger partial charge in [-0.3, -0.25) is 0 Å². The van der Waals surface area contributed by atoms with Gasteiger partial charge in [0, 0.05) is 0 Å². The molecule has 1 heterocycles. The Morgan fingerprint density at radius 3 is 2.86 bits per heavy atom. The summed E-state index contributed by atoms with van der Waals surface area (Å²) >= 11 is 0. The smallest absolute Gasteiger partial charge is 0.427 e. The van der Waals surface area contributed by atoms with Crippen LogP contribution in [0.2, 0.25) is 0 Å². The SMILES string of the molecule is CCOC(=O)N/N=C(/C)c1nnnn1Cc1ccccc1. The van der Waals surface area contributed by atoms with Crippen molar-refractivity contribution < 1.29 is 9.53 Å². The molecule has 0 unspecified atom stereocenters. The van der Waals surface area contributed by atoms with Gasteiger partial charge >= 0.3 is 6.09 Å². The molecule has 8 heteroatoms. The van der Waals surface area contributed by atoms with E-state index in [0.717, 1.165) is 5.56 Å². The molecule has 2 aromatic rings. The maximum atomic E-state index is 11.2. The first-order valence-electron chi connectivity index (χ1n) is 6.48. The van der Waals surface area contributed by atoms with E-state index < -0.39 is 6.09 Å². The highest BCUT2D eigenvalue weighted by Gasteiger charge is 2.10. The number of carbonyl (C=O) groups excluding carboxylic acids is 1. The average Bonchev–Trinajstić information content (AvgIpc) is 2.94. The predicted octanol–water partition coefficient (Wildman–Crippen LogP) is 1.19. The minimum Gasteiger partial charge on any atom is -0.449 e. The van der Waals surface area contributed by atoms with Crippen molar-refractivity contribution in [1.82, 2.24) is 25.6 Å². The van der Waals surface area contributed by atoms with Crippen LogP contribution >= 0.6 is 0 Å². The molecule has 0 radical (unpaired) electrons. The summed E-state index contributed by atoms with van der Waals surface area (Å²) in [6, 6.07) is 9.80. The lowest BCUT2D eigenvalue weighted by molar-refractivity contribution is 0.152. The third kappa shape index (κ3) is 4.10. The average molecular weight is 288 g/mol. The van der Waals surface area contributed by atoms with Gasteiger partial charge in [-0.15, -0.1) is 5.10 Å². The van der Waals surface area contributed by atoms with Crippen LogP contribution in [0.4, 0.5) is 4.79 Å². The number of hydrogen-bond donors (Lipinski definition) is 1. The van der Waals surface area contributed by atoms with Gasteiger partial charge in [-0.25, -0.2) is 14.9 Å². The summed E-state index contributed by atoms with van der Waals surface area (Å²) in [7, 11) is 0. The van der Waals surface area contributed by atoms with Gasteiger partial charge in [0.1, 0.15) is 5.71 Å². The van der Waals surface area contributed by atoms with Crippen molar-refractivity contribution >= 4 is 11.8 Å². The number of amides is 1. The van der Waals surface area contributed by atoms with Crippen molar-refractivity contribution in [3.8, 4) is 0 Å². The van der Waals surface area contributed by atoms with E-state index in [4.69, 9.17) is 4.74 Å². The fraction of sp³-hybridized carbons (Fsp3) is 0.308. The van der Waals surface area contributed by atoms with Gasteiger partial charge in [-0.05, 0) is 29.8 Å². The lowest BCUT2D eigenvalue weighted by Crippen LogP contribution is -2.21. The van der Waals surface area contributed by atoms with Crippen molar-refractivity contribution in [3.63, 3.8) is 0 Å². The molecule has 0 bridgehead atoms. The van der Waals surface area contributed by atoms with E-state index in [-0.39, 0.29) is 6.61 Å². The standard InChI is InChI=1S/C13H16N6O2/c1-3-21-13(20)16-14-10(2)12-15-17-18-19(12)9-11-7-5-4-6-8-11/h4-8H,3,9H2,1-2H3,(H,16,20)/b14-10-. The fourth-order valence-corrected chi connectivity index (χ4v) is 1.67. The van der Waals surface area contributed by atoms with Crippen LogP contribution in [0.3, 0.4) is 0 Å². The number of ether oxygens (including phenoxy) is 1. The lowest BCUT2D eigenvalue weighted by atomic mass is 10.2. The van der Waals surface area contributed by atoms with Gasteiger partial charge in [-0.1, -0.05) is 30.3 Å². The molecule has 1 aromatic carbocycles. The number of aromatic nitrogens is 4. The fourth-order valence-electron chi connectivity index (χ4n) is 1.67. The van der Waals surface area contributed by atoms with E-state index in [9.17, 15) is 4.79 Å². The van der Waals surface area contributed by atoms with Gasteiger partial charge in [0.05, 0.1) is 13.2 Å². The molecular formula is C13H16N6O2. The van der Waals surface area contributed by atoms with Crippen LogP contribution in [0.25, 0.3) is 0 Å². The number of carbonyl (C=O) groups is 1. The molecule has 0 spiro atoms. The first-order valence-corrected chi connectivity index (χ1v) is 6.48. The van der Waals surface area contributed by atoms with E-state index in [2.05, 4.69) is 26.1 Å². The normalized spacial score (nSPS) is 11.2. The highest BCUT2D eigenvalue weighted by atomic mass is 16.5. The van der Waals surface area contributed by atoms with Crippen LogP contribution in [-0.4, -0.2) is 38.6 Å². The van der Waals surface area contributed by atoms with Crippen molar-refractivity contribution in [3.05, 3.63) is 41.7 Å². The zero-order chi connectivity index (χ0) is 15.1. The summed E-state index contributed by atoms with van der Waals surface area (Å²) in [5.41, 5.74) is 3.84. The summed E-state index contributed by atoms with van der Waals surface area (Å²) in [5, 5.41) is 15.4. The number of benzene rings is 1. The van der Waals surface area contributed by atoms with Gasteiger partial charge in [0.15, 0.2) is 5.82 Å². The molecule has 1 amide bonds. The molecule has 2 rings (SSSR count). The van der Waals surface area contributed by atoms with E-state index >= 15 is 0 Å². The second-order valence-electron chi connectivity index (χ2n) is 4.18. The summed E-state index contributed by atoms with van der Waals surface area (Å²) < 4.78 is 6.33. The molecule has 0 aliphatic rings. The Hall–Kier alpha value is -2.77. The van der Waals surface area contributed by atoms with E-state index in [1.165, 1.54) is 0 Å². The second-order valence-corrected chi connectivity index (χ2v) is 4.18. The van der Waals surface area contributed by atoms with Crippen molar-refractivity contribution in [2.75, 3.05) is 6.61 Å². The Bertz CT molecular complexity index is 623. The van der Waals surface area contributed by atoms with Gasteiger partial charge in [0.2, 0.25) is 0 Å². The van der Waals surface area contributed by atoms with Crippen LogP contribution in [-0.2, 0) is 11.3 Å². The van der Waals surface area contributed by atoms with Gasteiger partial charge in [0.25, 0.3) is 0 Å². The molecule has 0 atom stereocenters. The van der Waals surface area contributed by atoms with Gasteiger partial charge in [-0.2, -0.15) is 5.10 Å². The largest absolute Gasteiger partial charge is 0.449 e. The van der Waals surface area contributed by atoms with Crippen molar-refractivity contribution in [2.45, 2.75) is 20.4 Å². The maximum absolute atomic E-state index is 11.2. The third-order valence-electron chi connectivity index (χ3n) is 2.62. The first kappa shape index (κ1) is 14.6. The molecule has 1 N–H and O–H groups in total. The Balaban J connectivity index is 2.09. The highest BCUT2D eigenvalue weighted by Crippen LogP contribution is 2.03. The molecule has 1 aromatic heterocycles. The van der Waals surface area contributed by atoms with Crippen LogP contribution in [0.15, 0.2) is 35.4 Å². The Morgan fingerprint density at radius 2 is 2.14 bits per heavy atom. The molecule has 0 aliphatic heterocycles. The summed E-state index contributed by atoms with van der Waals surface area (Å²) in [4.78, 5) is 11.2. The van der Waals surface area contributed by atoms with Crippen molar-refractivity contribution in [2.24, 2.45) is 5.10 Å². The quantitative estimate of drug-likeness (QED) is 0.658. The lowest BCUT2D eigenvalue weighted by Gasteiger charge is -2.05. The molecule has 8 nitrogen and oxygen atoms in total. The van der Waals surface area contributed by atoms with E-state index in [0.29, 0.717) is 18.1 Å². The second kappa shape index (κ2) is 7.13. The number of tetrazole rings is 1. The Kier molecular flexibility index (Phi) is 4.97. The summed E-state index contributed by atoms with van der Waals surface area (Å²) in [5.74, 6) is 0.482. The zero-order valence-electron chi connectivity index (χ0n) is 11.9. The molecule has 21 heavy (non-hydrogen) atoms. The number of nitrogens with zero attached hydrogens (tertiary/aromatic N) is 5. The van der Waals surface area contributed by atoms with Crippen LogP contribution in [0, 0.1) is 0 Å². The maximum Gasteiger partial charge on any atom is 0.427 e. The van der Waals surface area contributed by atoms with E-state index in [1.807, 2.05) is 30.3 Å². The van der Waals surface area contributed by atoms with Crippen LogP contribution < -0.4 is 5.43 Å². The third-order valence-corrected chi connectivity index (χ3v) is 2.62. The number of rotatable bonds is 5. The molecule has 0 saturated heterocycles. The summed E-state index contributed by atoms with van der Waals surface area (Å²) in [6.07, 6.45) is -0.612. The monoisotopic (exact) mass is 288 g/mol.